The first-order valence-electron chi connectivity index (χ1n) is 10.0. The van der Waals surface area contributed by atoms with Crippen molar-refractivity contribution in [3.8, 4) is 11.5 Å². The number of hydrogen-bond donors (Lipinski definition) is 0. The van der Waals surface area contributed by atoms with Gasteiger partial charge in [-0.2, -0.15) is 9.40 Å². The summed E-state index contributed by atoms with van der Waals surface area (Å²) in [6, 6.07) is 4.70. The van der Waals surface area contributed by atoms with Crippen LogP contribution in [0.3, 0.4) is 0 Å². The zero-order chi connectivity index (χ0) is 21.3. The molecule has 1 aromatic heterocycles. The fourth-order valence-corrected chi connectivity index (χ4v) is 5.62. The second-order valence-electron chi connectivity index (χ2n) is 7.40. The quantitative estimate of drug-likeness (QED) is 0.706. The van der Waals surface area contributed by atoms with E-state index in [-0.39, 0.29) is 29.6 Å². The Balaban J connectivity index is 1.49. The number of nitrogens with zero attached hydrogens (tertiary/aromatic N) is 4. The predicted octanol–water partition coefficient (Wildman–Crippen LogP) is 1.38. The van der Waals surface area contributed by atoms with Gasteiger partial charge in [-0.15, -0.1) is 0 Å². The maximum atomic E-state index is 13.2. The molecule has 162 valence electrons. The molecule has 9 nitrogen and oxygen atoms in total. The lowest BCUT2D eigenvalue weighted by Gasteiger charge is -2.34. The van der Waals surface area contributed by atoms with E-state index in [1.165, 1.54) is 24.6 Å². The molecule has 0 saturated carbocycles. The Hall–Kier alpha value is -2.59. The van der Waals surface area contributed by atoms with Crippen LogP contribution in [0.15, 0.2) is 29.3 Å². The van der Waals surface area contributed by atoms with Crippen LogP contribution in [0.1, 0.15) is 28.9 Å². The average molecular weight is 435 g/mol. The largest absolute Gasteiger partial charge is 0.497 e. The van der Waals surface area contributed by atoms with Gasteiger partial charge in [-0.3, -0.25) is 9.48 Å². The van der Waals surface area contributed by atoms with Crippen LogP contribution >= 0.6 is 0 Å². The van der Waals surface area contributed by atoms with Crippen LogP contribution in [0.4, 0.5) is 0 Å². The first-order chi connectivity index (χ1) is 14.5. The maximum Gasteiger partial charge on any atom is 0.257 e. The molecule has 1 amide bonds. The summed E-state index contributed by atoms with van der Waals surface area (Å²) in [5, 5.41) is 4.34. The molecule has 0 unspecified atom stereocenters. The fraction of sp³-hybridized carbons (Fsp3) is 0.500. The number of rotatable bonds is 5. The molecule has 2 aliphatic rings. The summed E-state index contributed by atoms with van der Waals surface area (Å²) in [4.78, 5) is 14.8. The third-order valence-corrected chi connectivity index (χ3v) is 7.65. The first-order valence-corrected chi connectivity index (χ1v) is 11.5. The van der Waals surface area contributed by atoms with Gasteiger partial charge in [0.2, 0.25) is 10.0 Å². The van der Waals surface area contributed by atoms with E-state index in [4.69, 9.17) is 9.47 Å². The number of benzene rings is 1. The van der Waals surface area contributed by atoms with Gasteiger partial charge in [0.1, 0.15) is 16.4 Å². The van der Waals surface area contributed by atoms with E-state index in [1.807, 2.05) is 4.68 Å². The van der Waals surface area contributed by atoms with Crippen molar-refractivity contribution in [2.45, 2.75) is 30.7 Å². The number of carbonyl (C=O) groups is 1. The minimum atomic E-state index is -3.78. The van der Waals surface area contributed by atoms with Crippen molar-refractivity contribution in [3.63, 3.8) is 0 Å². The Morgan fingerprint density at radius 1 is 1.03 bits per heavy atom. The van der Waals surface area contributed by atoms with Crippen LogP contribution in [0.2, 0.25) is 0 Å². The number of fused-ring (bicyclic) bond motifs is 1. The average Bonchev–Trinajstić information content (AvgIpc) is 3.22. The number of ether oxygens (including phenoxy) is 2. The van der Waals surface area contributed by atoms with E-state index in [0.717, 1.165) is 31.5 Å². The zero-order valence-electron chi connectivity index (χ0n) is 17.2. The van der Waals surface area contributed by atoms with Gasteiger partial charge < -0.3 is 14.4 Å². The molecule has 2 aliphatic heterocycles. The van der Waals surface area contributed by atoms with Crippen LogP contribution in [-0.2, 0) is 23.0 Å². The molecular weight excluding hydrogens is 408 g/mol. The Labute approximate surface area is 176 Å². The highest BCUT2D eigenvalue weighted by molar-refractivity contribution is 7.89. The van der Waals surface area contributed by atoms with Gasteiger partial charge in [0.25, 0.3) is 5.91 Å². The molecule has 0 atom stereocenters. The Morgan fingerprint density at radius 2 is 1.80 bits per heavy atom. The zero-order valence-corrected chi connectivity index (χ0v) is 18.0. The second kappa shape index (κ2) is 8.27. The molecule has 1 saturated heterocycles. The first kappa shape index (κ1) is 20.7. The summed E-state index contributed by atoms with van der Waals surface area (Å²) in [6.45, 7) is 1.94. The van der Waals surface area contributed by atoms with Crippen molar-refractivity contribution < 1.29 is 22.7 Å². The summed E-state index contributed by atoms with van der Waals surface area (Å²) < 4.78 is 40.1. The van der Waals surface area contributed by atoms with Crippen LogP contribution < -0.4 is 9.47 Å². The Bertz CT molecular complexity index is 1040. The molecule has 0 N–H and O–H groups in total. The normalized spacial score (nSPS) is 17.5. The highest BCUT2D eigenvalue weighted by atomic mass is 32.2. The molecule has 3 heterocycles. The molecular formula is C20H26N4O5S. The maximum absolute atomic E-state index is 13.2. The lowest BCUT2D eigenvalue weighted by atomic mass is 10.1. The minimum absolute atomic E-state index is 0.0647. The van der Waals surface area contributed by atoms with Gasteiger partial charge >= 0.3 is 0 Å². The number of aryl methyl sites for hydroxylation is 1. The van der Waals surface area contributed by atoms with E-state index in [2.05, 4.69) is 5.10 Å². The molecule has 1 aromatic carbocycles. The van der Waals surface area contributed by atoms with E-state index >= 15 is 0 Å². The van der Waals surface area contributed by atoms with Gasteiger partial charge in [0.15, 0.2) is 0 Å². The second-order valence-corrected chi connectivity index (χ2v) is 9.30. The number of sulfonamides is 1. The van der Waals surface area contributed by atoms with Crippen LogP contribution in [0.25, 0.3) is 0 Å². The molecule has 0 spiro atoms. The monoisotopic (exact) mass is 434 g/mol. The van der Waals surface area contributed by atoms with E-state index < -0.39 is 10.0 Å². The summed E-state index contributed by atoms with van der Waals surface area (Å²) >= 11 is 0. The van der Waals surface area contributed by atoms with Gasteiger partial charge in [-0.25, -0.2) is 8.42 Å². The molecule has 1 fully saturated rings. The van der Waals surface area contributed by atoms with Gasteiger partial charge in [-0.05, 0) is 31.4 Å². The number of methoxy groups -OCH3 is 2. The Morgan fingerprint density at radius 3 is 2.50 bits per heavy atom. The van der Waals surface area contributed by atoms with Gasteiger partial charge in [0, 0.05) is 38.8 Å². The van der Waals surface area contributed by atoms with Crippen LogP contribution in [-0.4, -0.2) is 73.7 Å². The summed E-state index contributed by atoms with van der Waals surface area (Å²) in [5.41, 5.74) is 1.63. The van der Waals surface area contributed by atoms with Crippen LogP contribution in [0.5, 0.6) is 11.5 Å². The fourth-order valence-electron chi connectivity index (χ4n) is 4.03. The Kier molecular flexibility index (Phi) is 5.70. The molecule has 10 heteroatoms. The van der Waals surface area contributed by atoms with E-state index in [9.17, 15) is 13.2 Å². The number of hydrogen-bond acceptors (Lipinski definition) is 6. The molecule has 2 aromatic rings. The standard InChI is InChI=1S/C20H26N4O5S/c1-28-15-6-7-18(29-2)19(13-15)30(26,27)23-11-9-22(10-12-23)20(25)16-14-21-24-8-4-3-5-17(16)24/h6-7,13-14H,3-5,8-12H2,1-2H3. The molecule has 0 bridgehead atoms. The highest BCUT2D eigenvalue weighted by Crippen LogP contribution is 2.31. The van der Waals surface area contributed by atoms with Gasteiger partial charge in [0.05, 0.1) is 31.7 Å². The van der Waals surface area contributed by atoms with Crippen LogP contribution in [0, 0.1) is 0 Å². The van der Waals surface area contributed by atoms with Crippen molar-refractivity contribution >= 4 is 15.9 Å². The lowest BCUT2D eigenvalue weighted by Crippen LogP contribution is -2.50. The van der Waals surface area contributed by atoms with Gasteiger partial charge in [-0.1, -0.05) is 0 Å². The summed E-state index contributed by atoms with van der Waals surface area (Å²) in [7, 11) is -0.862. The van der Waals surface area contributed by atoms with Crippen molar-refractivity contribution in [2.24, 2.45) is 0 Å². The highest BCUT2D eigenvalue weighted by Gasteiger charge is 2.33. The number of amides is 1. The third-order valence-electron chi connectivity index (χ3n) is 5.73. The minimum Gasteiger partial charge on any atom is -0.497 e. The topological polar surface area (TPSA) is 94.0 Å². The smallest absolute Gasteiger partial charge is 0.257 e. The van der Waals surface area contributed by atoms with E-state index in [1.54, 1.807) is 23.2 Å². The SMILES string of the molecule is COc1ccc(OC)c(S(=O)(=O)N2CCN(C(=O)c3cnn4c3CCCC4)CC2)c1. The molecule has 0 radical (unpaired) electrons. The molecule has 30 heavy (non-hydrogen) atoms. The van der Waals surface area contributed by atoms with E-state index in [0.29, 0.717) is 24.4 Å². The molecule has 0 aliphatic carbocycles. The number of carbonyl (C=O) groups excluding carboxylic acids is 1. The predicted molar refractivity (Wildman–Crippen MR) is 109 cm³/mol. The summed E-state index contributed by atoms with van der Waals surface area (Å²) in [6.07, 6.45) is 4.63. The lowest BCUT2D eigenvalue weighted by molar-refractivity contribution is 0.0696. The summed E-state index contributed by atoms with van der Waals surface area (Å²) in [5.74, 6) is 0.629. The van der Waals surface area contributed by atoms with Crippen molar-refractivity contribution in [1.29, 1.82) is 0 Å². The third kappa shape index (κ3) is 3.65. The van der Waals surface area contributed by atoms with Crippen molar-refractivity contribution in [3.05, 3.63) is 35.7 Å². The number of piperazine rings is 1. The van der Waals surface area contributed by atoms with Crippen molar-refractivity contribution in [1.82, 2.24) is 19.0 Å². The number of aromatic nitrogens is 2. The molecule has 4 rings (SSSR count). The van der Waals surface area contributed by atoms with Crippen molar-refractivity contribution in [2.75, 3.05) is 40.4 Å².